The van der Waals surface area contributed by atoms with E-state index in [0.717, 1.165) is 40.1 Å². The highest BCUT2D eigenvalue weighted by Crippen LogP contribution is 2.47. The Morgan fingerprint density at radius 2 is 1.70 bits per heavy atom. The fraction of sp³-hybridized carbons (Fsp3) is 0.538. The van der Waals surface area contributed by atoms with Gasteiger partial charge in [-0.25, -0.2) is 0 Å². The van der Waals surface area contributed by atoms with Crippen LogP contribution in [-0.2, 0) is 16.7 Å². The number of pyridine rings is 1. The van der Waals surface area contributed by atoms with Crippen molar-refractivity contribution in [3.8, 4) is 16.9 Å². The number of hydrogen-bond donors (Lipinski definition) is 2. The lowest BCUT2D eigenvalue weighted by Crippen LogP contribution is -2.40. The van der Waals surface area contributed by atoms with Crippen molar-refractivity contribution >= 4 is 5.91 Å². The third-order valence-electron chi connectivity index (χ3n) is 10.8. The van der Waals surface area contributed by atoms with Crippen LogP contribution >= 0.6 is 0 Å². The molecule has 0 aliphatic heterocycles. The van der Waals surface area contributed by atoms with Crippen LogP contribution in [0.1, 0.15) is 91.2 Å². The van der Waals surface area contributed by atoms with E-state index in [-0.39, 0.29) is 23.4 Å². The lowest BCUT2D eigenvalue weighted by atomic mass is 9.61. The Morgan fingerprint density at radius 1 is 1.02 bits per heavy atom. The minimum atomic E-state index is -0.169. The maximum atomic E-state index is 14.0. The van der Waals surface area contributed by atoms with Gasteiger partial charge in [0.25, 0.3) is 11.5 Å². The van der Waals surface area contributed by atoms with Gasteiger partial charge in [0, 0.05) is 36.5 Å². The smallest absolute Gasteiger partial charge is 0.253 e. The first-order valence-electron chi connectivity index (χ1n) is 16.9. The molecule has 0 radical (unpaired) electrons. The Kier molecular flexibility index (Phi) is 11.9. The van der Waals surface area contributed by atoms with Crippen LogP contribution < -0.4 is 15.6 Å². The first kappa shape index (κ1) is 35.4. The number of methoxy groups -OCH3 is 1. The molecule has 1 aliphatic carbocycles. The number of aryl methyl sites for hydroxylation is 2. The van der Waals surface area contributed by atoms with Crippen LogP contribution in [0.2, 0.25) is 0 Å². The van der Waals surface area contributed by atoms with Gasteiger partial charge in [-0.2, -0.15) is 0 Å². The molecule has 0 bridgehead atoms. The number of carbonyl (C=O) groups is 1. The third-order valence-corrected chi connectivity index (χ3v) is 10.8. The number of rotatable bonds is 13. The molecule has 1 fully saturated rings. The van der Waals surface area contributed by atoms with E-state index in [9.17, 15) is 9.59 Å². The average molecular weight is 630 g/mol. The Balaban J connectivity index is 1.73. The second-order valence-corrected chi connectivity index (χ2v) is 13.8. The molecule has 1 heterocycles. The van der Waals surface area contributed by atoms with Crippen LogP contribution in [-0.4, -0.2) is 56.3 Å². The van der Waals surface area contributed by atoms with E-state index < -0.39 is 0 Å². The quantitative estimate of drug-likeness (QED) is 0.193. The van der Waals surface area contributed by atoms with E-state index >= 15 is 0 Å². The molecule has 7 nitrogen and oxygen atoms in total. The predicted octanol–water partition coefficient (Wildman–Crippen LogP) is 7.35. The van der Waals surface area contributed by atoms with Crippen molar-refractivity contribution in [3.63, 3.8) is 0 Å². The second kappa shape index (κ2) is 15.4. The van der Waals surface area contributed by atoms with Gasteiger partial charge in [-0.1, -0.05) is 39.0 Å². The van der Waals surface area contributed by atoms with Gasteiger partial charge in [-0.05, 0) is 136 Å². The van der Waals surface area contributed by atoms with Crippen molar-refractivity contribution in [2.75, 3.05) is 34.4 Å². The second-order valence-electron chi connectivity index (χ2n) is 13.8. The molecule has 250 valence electrons. The van der Waals surface area contributed by atoms with Gasteiger partial charge in [0.05, 0.1) is 6.61 Å². The van der Waals surface area contributed by atoms with Crippen molar-refractivity contribution in [1.29, 1.82) is 0 Å². The molecule has 1 amide bonds. The van der Waals surface area contributed by atoms with Crippen LogP contribution in [0.4, 0.5) is 0 Å². The summed E-state index contributed by atoms with van der Waals surface area (Å²) in [5.41, 5.74) is 6.89. The normalized spacial score (nSPS) is 18.7. The van der Waals surface area contributed by atoms with Crippen molar-refractivity contribution in [2.24, 2.45) is 11.8 Å². The molecule has 3 aromatic rings. The largest absolute Gasteiger partial charge is 0.491 e. The molecule has 7 heteroatoms. The number of benzene rings is 2. The Hall–Kier alpha value is -3.42. The fourth-order valence-corrected chi connectivity index (χ4v) is 7.46. The number of nitrogens with zero attached hydrogens (tertiary/aromatic N) is 1. The van der Waals surface area contributed by atoms with Gasteiger partial charge in [0.1, 0.15) is 12.4 Å². The van der Waals surface area contributed by atoms with E-state index in [1.807, 2.05) is 38.1 Å². The summed E-state index contributed by atoms with van der Waals surface area (Å²) in [4.78, 5) is 31.9. The van der Waals surface area contributed by atoms with E-state index in [1.165, 1.54) is 31.2 Å². The summed E-state index contributed by atoms with van der Waals surface area (Å²) >= 11 is 0. The highest BCUT2D eigenvalue weighted by Gasteiger charge is 2.39. The number of H-pyrrole nitrogens is 1. The van der Waals surface area contributed by atoms with E-state index in [1.54, 1.807) is 7.11 Å². The Bertz CT molecular complexity index is 1540. The zero-order chi connectivity index (χ0) is 33.6. The highest BCUT2D eigenvalue weighted by atomic mass is 16.5. The average Bonchev–Trinajstić information content (AvgIpc) is 3.04. The molecule has 2 N–H and O–H groups in total. The van der Waals surface area contributed by atoms with Crippen LogP contribution in [0.25, 0.3) is 11.1 Å². The van der Waals surface area contributed by atoms with Gasteiger partial charge in [-0.15, -0.1) is 0 Å². The number of carbonyl (C=O) groups excluding carboxylic acids is 1. The zero-order valence-corrected chi connectivity index (χ0v) is 29.5. The minimum absolute atomic E-state index is 0.126. The summed E-state index contributed by atoms with van der Waals surface area (Å²) in [6, 6.07) is 15.0. The molecule has 0 spiro atoms. The number of amides is 1. The first-order chi connectivity index (χ1) is 21.9. The van der Waals surface area contributed by atoms with Crippen LogP contribution in [0, 0.1) is 32.6 Å². The summed E-state index contributed by atoms with van der Waals surface area (Å²) in [6.07, 6.45) is 5.87. The number of hydrogen-bond acceptors (Lipinski definition) is 5. The molecular formula is C39H55N3O4. The van der Waals surface area contributed by atoms with Gasteiger partial charge in [-0.3, -0.25) is 9.59 Å². The Morgan fingerprint density at radius 3 is 2.28 bits per heavy atom. The molecule has 46 heavy (non-hydrogen) atoms. The Labute approximate surface area is 276 Å². The number of aromatic amines is 1. The predicted molar refractivity (Wildman–Crippen MR) is 188 cm³/mol. The van der Waals surface area contributed by atoms with E-state index in [2.05, 4.69) is 75.2 Å². The van der Waals surface area contributed by atoms with Crippen molar-refractivity contribution in [1.82, 2.24) is 15.2 Å². The molecular weight excluding hydrogens is 574 g/mol. The van der Waals surface area contributed by atoms with Crippen molar-refractivity contribution < 1.29 is 14.3 Å². The van der Waals surface area contributed by atoms with Gasteiger partial charge < -0.3 is 24.7 Å². The molecule has 2 atom stereocenters. The van der Waals surface area contributed by atoms with E-state index in [4.69, 9.17) is 9.47 Å². The van der Waals surface area contributed by atoms with Crippen LogP contribution in [0.15, 0.2) is 47.3 Å². The number of ether oxygens (including phenoxy) is 2. The van der Waals surface area contributed by atoms with Crippen LogP contribution in [0.5, 0.6) is 5.75 Å². The molecule has 0 saturated heterocycles. The maximum absolute atomic E-state index is 14.0. The summed E-state index contributed by atoms with van der Waals surface area (Å²) in [5, 5.41) is 3.08. The number of nitrogens with one attached hydrogen (secondary N) is 2. The monoisotopic (exact) mass is 629 g/mol. The molecule has 1 saturated carbocycles. The van der Waals surface area contributed by atoms with Gasteiger partial charge >= 0.3 is 0 Å². The summed E-state index contributed by atoms with van der Waals surface area (Å²) in [7, 11) is 6.05. The topological polar surface area (TPSA) is 83.7 Å². The summed E-state index contributed by atoms with van der Waals surface area (Å²) in [6.45, 7) is 14.2. The zero-order valence-electron chi connectivity index (χ0n) is 29.5. The molecule has 1 aromatic heterocycles. The maximum Gasteiger partial charge on any atom is 0.253 e. The standard InChI is InChI=1S/C39H55N3O4/c1-10-39(6,28(5)29-11-15-32(16-12-29)42(7)8)36-23-31(30-13-17-33(18-14-30)46-20-19-45-9)22-34(27(36)4)37(43)40-24-35-25(2)21-26(3)41-38(35)44/h13-14,17-18,21-23,28-29,32H,10-12,15-16,19-20,24H2,1-9H3,(H,40,43)(H,41,44). The van der Waals surface area contributed by atoms with E-state index in [0.29, 0.717) is 42.2 Å². The summed E-state index contributed by atoms with van der Waals surface area (Å²) in [5.74, 6) is 1.68. The van der Waals surface area contributed by atoms with Gasteiger partial charge in [0.15, 0.2) is 0 Å². The number of aromatic nitrogens is 1. The SMILES string of the molecule is CCC(C)(c1cc(-c2ccc(OCCOC)cc2)cc(C(=O)NCc2c(C)cc(C)[nH]c2=O)c1C)C(C)C1CCC(N(C)C)CC1. The molecule has 4 rings (SSSR count). The summed E-state index contributed by atoms with van der Waals surface area (Å²) < 4.78 is 10.9. The molecule has 2 unspecified atom stereocenters. The van der Waals surface area contributed by atoms with Crippen LogP contribution in [0.3, 0.4) is 0 Å². The first-order valence-corrected chi connectivity index (χ1v) is 16.9. The molecule has 2 aromatic carbocycles. The molecule has 1 aliphatic rings. The van der Waals surface area contributed by atoms with Crippen molar-refractivity contribution in [2.45, 2.75) is 91.6 Å². The lowest BCUT2D eigenvalue weighted by Gasteiger charge is -2.44. The van der Waals surface area contributed by atoms with Crippen molar-refractivity contribution in [3.05, 3.63) is 86.3 Å². The minimum Gasteiger partial charge on any atom is -0.491 e. The van der Waals surface area contributed by atoms with Gasteiger partial charge in [0.2, 0.25) is 0 Å². The lowest BCUT2D eigenvalue weighted by molar-refractivity contribution is 0.0949. The highest BCUT2D eigenvalue weighted by molar-refractivity contribution is 5.97. The third kappa shape index (κ3) is 7.92. The fourth-order valence-electron chi connectivity index (χ4n) is 7.46.